The molecule has 0 saturated heterocycles. The second-order valence-electron chi connectivity index (χ2n) is 4.30. The SMILES string of the molecule is Cc1nn(-c2ccc(O)c(F)c2)c2cccc(O)c12. The number of aromatic nitrogens is 2. The molecule has 0 aliphatic rings. The fourth-order valence-electron chi connectivity index (χ4n) is 2.15. The first-order valence-electron chi connectivity index (χ1n) is 5.74. The highest BCUT2D eigenvalue weighted by molar-refractivity contribution is 5.88. The van der Waals surface area contributed by atoms with Gasteiger partial charge >= 0.3 is 0 Å². The Morgan fingerprint density at radius 2 is 1.89 bits per heavy atom. The summed E-state index contributed by atoms with van der Waals surface area (Å²) in [5.74, 6) is -0.973. The van der Waals surface area contributed by atoms with Crippen molar-refractivity contribution in [3.63, 3.8) is 0 Å². The van der Waals surface area contributed by atoms with E-state index in [0.29, 0.717) is 22.3 Å². The average Bonchev–Trinajstić information content (AvgIpc) is 2.72. The van der Waals surface area contributed by atoms with Crippen LogP contribution in [0, 0.1) is 12.7 Å². The molecule has 0 unspecified atom stereocenters. The van der Waals surface area contributed by atoms with Gasteiger partial charge in [0.05, 0.1) is 22.3 Å². The molecule has 3 aromatic rings. The number of benzene rings is 2. The number of phenolic OH excluding ortho intramolecular Hbond substituents is 2. The predicted octanol–water partition coefficient (Wildman–Crippen LogP) is 2.88. The third kappa shape index (κ3) is 1.71. The number of aromatic hydroxyl groups is 2. The van der Waals surface area contributed by atoms with Gasteiger partial charge in [-0.25, -0.2) is 9.07 Å². The Balaban J connectivity index is 2.31. The van der Waals surface area contributed by atoms with Crippen LogP contribution in [0.15, 0.2) is 36.4 Å². The lowest BCUT2D eigenvalue weighted by atomic mass is 10.2. The Labute approximate surface area is 108 Å². The number of hydrogen-bond donors (Lipinski definition) is 2. The summed E-state index contributed by atoms with van der Waals surface area (Å²) in [5, 5.41) is 24.0. The van der Waals surface area contributed by atoms with Crippen molar-refractivity contribution in [2.24, 2.45) is 0 Å². The second-order valence-corrected chi connectivity index (χ2v) is 4.30. The molecule has 0 bridgehead atoms. The molecule has 0 aliphatic carbocycles. The molecule has 2 N–H and O–H groups in total. The van der Waals surface area contributed by atoms with Crippen LogP contribution in [0.4, 0.5) is 4.39 Å². The van der Waals surface area contributed by atoms with Crippen molar-refractivity contribution in [3.05, 3.63) is 47.9 Å². The molecule has 4 nitrogen and oxygen atoms in total. The molecule has 0 spiro atoms. The maximum Gasteiger partial charge on any atom is 0.166 e. The first-order chi connectivity index (χ1) is 9.08. The zero-order chi connectivity index (χ0) is 13.6. The van der Waals surface area contributed by atoms with Gasteiger partial charge in [0.25, 0.3) is 0 Å². The first-order valence-corrected chi connectivity index (χ1v) is 5.74. The molecular formula is C14H11FN2O2. The maximum absolute atomic E-state index is 13.4. The molecular weight excluding hydrogens is 247 g/mol. The van der Waals surface area contributed by atoms with Gasteiger partial charge in [0.2, 0.25) is 0 Å². The largest absolute Gasteiger partial charge is 0.507 e. The minimum atomic E-state index is -0.709. The van der Waals surface area contributed by atoms with Gasteiger partial charge in [0.15, 0.2) is 11.6 Å². The minimum absolute atomic E-state index is 0.139. The van der Waals surface area contributed by atoms with Gasteiger partial charge in [-0.1, -0.05) is 6.07 Å². The number of nitrogens with zero attached hydrogens (tertiary/aromatic N) is 2. The summed E-state index contributed by atoms with van der Waals surface area (Å²) in [6.07, 6.45) is 0. The van der Waals surface area contributed by atoms with E-state index < -0.39 is 11.6 Å². The highest BCUT2D eigenvalue weighted by Gasteiger charge is 2.13. The Kier molecular flexibility index (Phi) is 2.41. The normalized spacial score (nSPS) is 11.1. The van der Waals surface area contributed by atoms with Gasteiger partial charge in [0, 0.05) is 6.07 Å². The van der Waals surface area contributed by atoms with Crippen LogP contribution in [0.3, 0.4) is 0 Å². The van der Waals surface area contributed by atoms with Crippen LogP contribution in [0.5, 0.6) is 11.5 Å². The smallest absolute Gasteiger partial charge is 0.166 e. The van der Waals surface area contributed by atoms with Crippen LogP contribution in [-0.2, 0) is 0 Å². The van der Waals surface area contributed by atoms with Gasteiger partial charge in [0.1, 0.15) is 5.75 Å². The summed E-state index contributed by atoms with van der Waals surface area (Å²) >= 11 is 0. The van der Waals surface area contributed by atoms with E-state index in [4.69, 9.17) is 0 Å². The number of fused-ring (bicyclic) bond motifs is 1. The molecule has 96 valence electrons. The van der Waals surface area contributed by atoms with Crippen LogP contribution in [0.2, 0.25) is 0 Å². The van der Waals surface area contributed by atoms with E-state index in [9.17, 15) is 14.6 Å². The lowest BCUT2D eigenvalue weighted by Gasteiger charge is -2.04. The third-order valence-electron chi connectivity index (χ3n) is 3.04. The monoisotopic (exact) mass is 258 g/mol. The number of aryl methyl sites for hydroxylation is 1. The van der Waals surface area contributed by atoms with Crippen LogP contribution in [-0.4, -0.2) is 20.0 Å². The van der Waals surface area contributed by atoms with Crippen LogP contribution >= 0.6 is 0 Å². The topological polar surface area (TPSA) is 58.3 Å². The predicted molar refractivity (Wildman–Crippen MR) is 69.1 cm³/mol. The van der Waals surface area contributed by atoms with Crippen molar-refractivity contribution < 1.29 is 14.6 Å². The van der Waals surface area contributed by atoms with E-state index in [1.807, 2.05) is 0 Å². The Morgan fingerprint density at radius 1 is 1.11 bits per heavy atom. The summed E-state index contributed by atoms with van der Waals surface area (Å²) in [6, 6.07) is 9.11. The molecule has 0 amide bonds. The fourth-order valence-corrected chi connectivity index (χ4v) is 2.15. The Morgan fingerprint density at radius 3 is 2.63 bits per heavy atom. The van der Waals surface area contributed by atoms with Crippen molar-refractivity contribution in [3.8, 4) is 17.2 Å². The summed E-state index contributed by atoms with van der Waals surface area (Å²) in [5.41, 5.74) is 1.82. The number of phenols is 2. The average molecular weight is 258 g/mol. The van der Waals surface area contributed by atoms with Gasteiger partial charge in [-0.05, 0) is 31.2 Å². The highest BCUT2D eigenvalue weighted by atomic mass is 19.1. The molecule has 3 rings (SSSR count). The molecule has 2 aromatic carbocycles. The van der Waals surface area contributed by atoms with Crippen molar-refractivity contribution in [1.29, 1.82) is 0 Å². The second kappa shape index (κ2) is 3.98. The molecule has 5 heteroatoms. The first kappa shape index (κ1) is 11.5. The lowest BCUT2D eigenvalue weighted by Crippen LogP contribution is -1.97. The Bertz CT molecular complexity index is 780. The summed E-state index contributed by atoms with van der Waals surface area (Å²) in [4.78, 5) is 0. The number of halogens is 1. The molecule has 0 atom stereocenters. The molecule has 1 heterocycles. The molecule has 0 saturated carbocycles. The van der Waals surface area contributed by atoms with E-state index in [-0.39, 0.29) is 5.75 Å². The minimum Gasteiger partial charge on any atom is -0.507 e. The standard InChI is InChI=1S/C14H11FN2O2/c1-8-14-11(3-2-4-13(14)19)17(16-8)9-5-6-12(18)10(15)7-9/h2-7,18-19H,1H3. The summed E-state index contributed by atoms with van der Waals surface area (Å²) in [6.45, 7) is 1.77. The van der Waals surface area contributed by atoms with Gasteiger partial charge in [-0.15, -0.1) is 0 Å². The third-order valence-corrected chi connectivity index (χ3v) is 3.04. The molecule has 0 aliphatic heterocycles. The fraction of sp³-hybridized carbons (Fsp3) is 0.0714. The molecule has 0 radical (unpaired) electrons. The quantitative estimate of drug-likeness (QED) is 0.705. The summed E-state index contributed by atoms with van der Waals surface area (Å²) in [7, 11) is 0. The van der Waals surface area contributed by atoms with Crippen molar-refractivity contribution >= 4 is 10.9 Å². The molecule has 1 aromatic heterocycles. The van der Waals surface area contributed by atoms with E-state index in [1.54, 1.807) is 31.2 Å². The zero-order valence-corrected chi connectivity index (χ0v) is 10.1. The number of rotatable bonds is 1. The van der Waals surface area contributed by atoms with Crippen LogP contribution < -0.4 is 0 Å². The molecule has 19 heavy (non-hydrogen) atoms. The van der Waals surface area contributed by atoms with Gasteiger partial charge < -0.3 is 10.2 Å². The highest BCUT2D eigenvalue weighted by Crippen LogP contribution is 2.30. The van der Waals surface area contributed by atoms with Crippen LogP contribution in [0.25, 0.3) is 16.6 Å². The van der Waals surface area contributed by atoms with Gasteiger partial charge in [-0.3, -0.25) is 0 Å². The van der Waals surface area contributed by atoms with E-state index in [2.05, 4.69) is 5.10 Å². The van der Waals surface area contributed by atoms with Crippen molar-refractivity contribution in [1.82, 2.24) is 9.78 Å². The molecule has 0 fully saturated rings. The lowest BCUT2D eigenvalue weighted by molar-refractivity contribution is 0.432. The summed E-state index contributed by atoms with van der Waals surface area (Å²) < 4.78 is 14.9. The van der Waals surface area contributed by atoms with E-state index in [0.717, 1.165) is 0 Å². The maximum atomic E-state index is 13.4. The van der Waals surface area contributed by atoms with Crippen molar-refractivity contribution in [2.45, 2.75) is 6.92 Å². The van der Waals surface area contributed by atoms with Crippen LogP contribution in [0.1, 0.15) is 5.69 Å². The van der Waals surface area contributed by atoms with E-state index in [1.165, 1.54) is 16.8 Å². The van der Waals surface area contributed by atoms with Crippen molar-refractivity contribution in [2.75, 3.05) is 0 Å². The zero-order valence-electron chi connectivity index (χ0n) is 10.1. The van der Waals surface area contributed by atoms with E-state index >= 15 is 0 Å². The Hall–Kier alpha value is -2.56. The number of hydrogen-bond acceptors (Lipinski definition) is 3. The van der Waals surface area contributed by atoms with Gasteiger partial charge in [-0.2, -0.15) is 5.10 Å².